The minimum absolute atomic E-state index is 0.199. The van der Waals surface area contributed by atoms with Crippen molar-refractivity contribution in [2.75, 3.05) is 0 Å². The first-order valence-corrected chi connectivity index (χ1v) is 3.12. The van der Waals surface area contributed by atoms with Gasteiger partial charge in [-0.05, 0) is 12.8 Å². The summed E-state index contributed by atoms with van der Waals surface area (Å²) >= 11 is 0. The number of hydrogen-bond donors (Lipinski definition) is 0. The van der Waals surface area contributed by atoms with Crippen molar-refractivity contribution in [2.45, 2.75) is 38.6 Å². The summed E-state index contributed by atoms with van der Waals surface area (Å²) in [7, 11) is 0. The van der Waals surface area contributed by atoms with Crippen LogP contribution in [0.15, 0.2) is 0 Å². The molecule has 0 aromatic rings. The lowest BCUT2D eigenvalue weighted by Crippen LogP contribution is -2.04. The molecule has 0 aromatic carbocycles. The Morgan fingerprint density at radius 2 is 2.38 bits per heavy atom. The largest absolute Gasteiger partial charge is 0.345 e. The van der Waals surface area contributed by atoms with Gasteiger partial charge in [0.1, 0.15) is 0 Å². The van der Waals surface area contributed by atoms with Crippen LogP contribution in [0.4, 0.5) is 4.39 Å². The molecule has 0 spiro atoms. The first kappa shape index (κ1) is 6.02. The van der Waals surface area contributed by atoms with E-state index in [2.05, 4.69) is 0 Å². The summed E-state index contributed by atoms with van der Waals surface area (Å²) in [5.41, 5.74) is 0. The first-order chi connectivity index (χ1) is 3.83. The molecule has 0 N–H and O–H groups in total. The molecule has 1 heterocycles. The van der Waals surface area contributed by atoms with Crippen molar-refractivity contribution < 1.29 is 9.13 Å². The van der Waals surface area contributed by atoms with Gasteiger partial charge < -0.3 is 4.74 Å². The van der Waals surface area contributed by atoms with E-state index in [0.29, 0.717) is 6.42 Å². The Labute approximate surface area is 48.8 Å². The summed E-state index contributed by atoms with van der Waals surface area (Å²) in [6.07, 6.45) is 1.67. The third-order valence-electron chi connectivity index (χ3n) is 1.51. The minimum atomic E-state index is -0.972. The summed E-state index contributed by atoms with van der Waals surface area (Å²) in [6, 6.07) is 0. The summed E-state index contributed by atoms with van der Waals surface area (Å²) < 4.78 is 17.0. The van der Waals surface area contributed by atoms with E-state index in [1.54, 1.807) is 0 Å². The summed E-state index contributed by atoms with van der Waals surface area (Å²) in [5.74, 6) is 0. The third-order valence-corrected chi connectivity index (χ3v) is 1.51. The van der Waals surface area contributed by atoms with Gasteiger partial charge in [0.05, 0.1) is 6.10 Å². The van der Waals surface area contributed by atoms with E-state index in [9.17, 15) is 4.39 Å². The lowest BCUT2D eigenvalue weighted by Gasteiger charge is -2.03. The van der Waals surface area contributed by atoms with Gasteiger partial charge in [0, 0.05) is 6.42 Å². The topological polar surface area (TPSA) is 9.23 Å². The van der Waals surface area contributed by atoms with E-state index in [1.165, 1.54) is 0 Å². The molecule has 0 aromatic heterocycles. The molecule has 8 heavy (non-hydrogen) atoms. The van der Waals surface area contributed by atoms with Crippen LogP contribution < -0.4 is 0 Å². The fourth-order valence-electron chi connectivity index (χ4n) is 0.962. The van der Waals surface area contributed by atoms with Crippen LogP contribution in [0.1, 0.15) is 26.2 Å². The molecule has 2 atom stereocenters. The maximum atomic E-state index is 12.1. The van der Waals surface area contributed by atoms with E-state index in [4.69, 9.17) is 4.74 Å². The average molecular weight is 118 g/mol. The van der Waals surface area contributed by atoms with Crippen molar-refractivity contribution in [3.63, 3.8) is 0 Å². The van der Waals surface area contributed by atoms with E-state index in [-0.39, 0.29) is 6.10 Å². The highest BCUT2D eigenvalue weighted by molar-refractivity contribution is 4.64. The Morgan fingerprint density at radius 3 is 2.62 bits per heavy atom. The van der Waals surface area contributed by atoms with E-state index in [1.807, 2.05) is 6.92 Å². The van der Waals surface area contributed by atoms with Gasteiger partial charge in [-0.25, -0.2) is 4.39 Å². The van der Waals surface area contributed by atoms with E-state index in [0.717, 1.165) is 12.8 Å². The average Bonchev–Trinajstić information content (AvgIpc) is 2.14. The Kier molecular flexibility index (Phi) is 1.84. The van der Waals surface area contributed by atoms with Crippen molar-refractivity contribution in [1.29, 1.82) is 0 Å². The molecule has 1 aliphatic heterocycles. The Balaban J connectivity index is 2.22. The smallest absolute Gasteiger partial charge is 0.199 e. The number of rotatable bonds is 1. The quantitative estimate of drug-likeness (QED) is 0.510. The highest BCUT2D eigenvalue weighted by atomic mass is 19.1. The van der Waals surface area contributed by atoms with Crippen molar-refractivity contribution in [1.82, 2.24) is 0 Å². The van der Waals surface area contributed by atoms with Gasteiger partial charge >= 0.3 is 0 Å². The standard InChI is InChI=1S/C6H11FO/c1-2-5-3-4-6(7)8-5/h5-6H,2-4H2,1H3. The second-order valence-corrected chi connectivity index (χ2v) is 2.15. The molecule has 0 saturated carbocycles. The summed E-state index contributed by atoms with van der Waals surface area (Å²) in [6.45, 7) is 2.02. The molecule has 1 fully saturated rings. The van der Waals surface area contributed by atoms with Gasteiger partial charge in [0.15, 0.2) is 6.36 Å². The summed E-state index contributed by atoms with van der Waals surface area (Å²) in [4.78, 5) is 0. The van der Waals surface area contributed by atoms with Gasteiger partial charge in [-0.3, -0.25) is 0 Å². The van der Waals surface area contributed by atoms with Crippen LogP contribution in [0.25, 0.3) is 0 Å². The first-order valence-electron chi connectivity index (χ1n) is 3.12. The molecule has 1 nitrogen and oxygen atoms in total. The van der Waals surface area contributed by atoms with Crippen molar-refractivity contribution in [3.8, 4) is 0 Å². The van der Waals surface area contributed by atoms with Gasteiger partial charge in [-0.2, -0.15) is 0 Å². The summed E-state index contributed by atoms with van der Waals surface area (Å²) in [5, 5.41) is 0. The zero-order chi connectivity index (χ0) is 5.98. The molecule has 48 valence electrons. The van der Waals surface area contributed by atoms with Gasteiger partial charge in [0.25, 0.3) is 0 Å². The number of ether oxygens (including phenoxy) is 1. The highest BCUT2D eigenvalue weighted by Gasteiger charge is 2.22. The zero-order valence-corrected chi connectivity index (χ0v) is 5.06. The normalized spacial score (nSPS) is 38.2. The predicted molar refractivity (Wildman–Crippen MR) is 29.3 cm³/mol. The maximum Gasteiger partial charge on any atom is 0.199 e. The molecule has 0 aliphatic carbocycles. The van der Waals surface area contributed by atoms with Crippen molar-refractivity contribution >= 4 is 0 Å². The van der Waals surface area contributed by atoms with Crippen LogP contribution >= 0.6 is 0 Å². The van der Waals surface area contributed by atoms with Crippen LogP contribution in [0, 0.1) is 0 Å². The lowest BCUT2D eigenvalue weighted by molar-refractivity contribution is -0.0345. The Bertz CT molecular complexity index is 74.9. The lowest BCUT2D eigenvalue weighted by atomic mass is 10.2. The van der Waals surface area contributed by atoms with Gasteiger partial charge in [-0.1, -0.05) is 6.92 Å². The molecule has 2 unspecified atom stereocenters. The van der Waals surface area contributed by atoms with Crippen LogP contribution in [0.5, 0.6) is 0 Å². The number of halogens is 1. The molecule has 1 aliphatic rings. The number of hydrogen-bond acceptors (Lipinski definition) is 1. The molecule has 0 amide bonds. The molecular weight excluding hydrogens is 107 g/mol. The van der Waals surface area contributed by atoms with E-state index >= 15 is 0 Å². The van der Waals surface area contributed by atoms with Crippen molar-refractivity contribution in [2.24, 2.45) is 0 Å². The van der Waals surface area contributed by atoms with Crippen LogP contribution in [0.2, 0.25) is 0 Å². The minimum Gasteiger partial charge on any atom is -0.345 e. The third kappa shape index (κ3) is 1.19. The molecule has 2 heteroatoms. The van der Waals surface area contributed by atoms with Gasteiger partial charge in [0.2, 0.25) is 0 Å². The number of alkyl halides is 1. The SMILES string of the molecule is CCC1CCC(F)O1. The molecule has 1 rings (SSSR count). The van der Waals surface area contributed by atoms with Crippen LogP contribution in [-0.4, -0.2) is 12.5 Å². The Morgan fingerprint density at radius 1 is 1.62 bits per heavy atom. The molecular formula is C6H11FO. The van der Waals surface area contributed by atoms with Crippen LogP contribution in [0.3, 0.4) is 0 Å². The highest BCUT2D eigenvalue weighted by Crippen LogP contribution is 2.21. The van der Waals surface area contributed by atoms with Crippen molar-refractivity contribution in [3.05, 3.63) is 0 Å². The fourth-order valence-corrected chi connectivity index (χ4v) is 0.962. The maximum absolute atomic E-state index is 12.1. The van der Waals surface area contributed by atoms with Crippen LogP contribution in [-0.2, 0) is 4.74 Å². The molecule has 0 radical (unpaired) electrons. The monoisotopic (exact) mass is 118 g/mol. The fraction of sp³-hybridized carbons (Fsp3) is 1.00. The second kappa shape index (κ2) is 2.44. The van der Waals surface area contributed by atoms with E-state index < -0.39 is 6.36 Å². The van der Waals surface area contributed by atoms with Gasteiger partial charge in [-0.15, -0.1) is 0 Å². The zero-order valence-electron chi connectivity index (χ0n) is 5.06. The second-order valence-electron chi connectivity index (χ2n) is 2.15. The Hall–Kier alpha value is -0.110. The molecule has 1 saturated heterocycles. The predicted octanol–water partition coefficient (Wildman–Crippen LogP) is 1.87. The molecule has 0 bridgehead atoms.